The Bertz CT molecular complexity index is 565. The monoisotopic (exact) mass is 267 g/mol. The highest BCUT2D eigenvalue weighted by atomic mass is 35.5. The number of aliphatic imine (C=N–C) groups is 1. The molecule has 1 unspecified atom stereocenters. The van der Waals surface area contributed by atoms with Gasteiger partial charge in [0, 0.05) is 12.3 Å². The summed E-state index contributed by atoms with van der Waals surface area (Å²) in [6, 6.07) is 5.19. The first-order chi connectivity index (χ1) is 8.45. The van der Waals surface area contributed by atoms with E-state index < -0.39 is 16.8 Å². The first kappa shape index (κ1) is 13.6. The van der Waals surface area contributed by atoms with Crippen LogP contribution in [0.4, 0.5) is 11.4 Å². The second kappa shape index (κ2) is 5.75. The van der Waals surface area contributed by atoms with Crippen LogP contribution in [0.5, 0.6) is 0 Å². The number of nitro benzene ring substituents is 1. The molecule has 0 bridgehead atoms. The van der Waals surface area contributed by atoms with Crippen molar-refractivity contribution < 1.29 is 14.8 Å². The molecule has 7 nitrogen and oxygen atoms in total. The zero-order valence-electron chi connectivity index (χ0n) is 8.78. The third-order valence-corrected chi connectivity index (χ3v) is 2.21. The van der Waals surface area contributed by atoms with Gasteiger partial charge in [0.05, 0.1) is 16.7 Å². The van der Waals surface area contributed by atoms with Gasteiger partial charge in [-0.25, -0.2) is 0 Å². The summed E-state index contributed by atoms with van der Waals surface area (Å²) in [7, 11) is 0. The molecule has 1 aromatic carbocycles. The van der Waals surface area contributed by atoms with Crippen molar-refractivity contribution in [2.24, 2.45) is 10.9 Å². The maximum Gasteiger partial charge on any atom is 0.326 e. The molecule has 0 amide bonds. The molecule has 0 heterocycles. The number of halogens is 1. The molecule has 0 spiro atoms. The fraction of sp³-hybridized carbons (Fsp3) is 0.100. The number of nitro groups is 1. The summed E-state index contributed by atoms with van der Waals surface area (Å²) in [5, 5.41) is 27.5. The van der Waals surface area contributed by atoms with E-state index in [2.05, 4.69) is 4.99 Å². The van der Waals surface area contributed by atoms with Crippen LogP contribution >= 0.6 is 11.6 Å². The van der Waals surface area contributed by atoms with Crippen molar-refractivity contribution in [2.75, 3.05) is 0 Å². The highest BCUT2D eigenvalue weighted by Gasteiger charge is 2.14. The number of nitriles is 1. The van der Waals surface area contributed by atoms with Crippen LogP contribution in [0.3, 0.4) is 0 Å². The van der Waals surface area contributed by atoms with Crippen LogP contribution in [-0.2, 0) is 4.79 Å². The zero-order chi connectivity index (χ0) is 13.7. The van der Waals surface area contributed by atoms with Crippen LogP contribution in [0.2, 0.25) is 5.02 Å². The summed E-state index contributed by atoms with van der Waals surface area (Å²) in [5.74, 6) is -2.70. The van der Waals surface area contributed by atoms with E-state index in [4.69, 9.17) is 22.0 Å². The van der Waals surface area contributed by atoms with Crippen molar-refractivity contribution in [2.45, 2.75) is 0 Å². The van der Waals surface area contributed by atoms with Gasteiger partial charge in [-0.05, 0) is 12.1 Å². The minimum atomic E-state index is -1.38. The van der Waals surface area contributed by atoms with E-state index in [1.807, 2.05) is 0 Å². The van der Waals surface area contributed by atoms with Crippen LogP contribution in [0.15, 0.2) is 23.2 Å². The first-order valence-electron chi connectivity index (χ1n) is 4.56. The maximum absolute atomic E-state index is 10.5. The Hall–Kier alpha value is -2.46. The van der Waals surface area contributed by atoms with Crippen LogP contribution in [0.25, 0.3) is 0 Å². The zero-order valence-corrected chi connectivity index (χ0v) is 9.53. The number of carboxylic acid groups (broad SMARTS) is 1. The topological polar surface area (TPSA) is 117 Å². The van der Waals surface area contributed by atoms with E-state index in [1.54, 1.807) is 0 Å². The summed E-state index contributed by atoms with van der Waals surface area (Å²) in [6.45, 7) is 0. The molecule has 0 radical (unpaired) electrons. The second-order valence-electron chi connectivity index (χ2n) is 3.12. The third-order valence-electron chi connectivity index (χ3n) is 1.91. The first-order valence-corrected chi connectivity index (χ1v) is 4.94. The van der Waals surface area contributed by atoms with Gasteiger partial charge in [0.1, 0.15) is 5.02 Å². The molecule has 0 aromatic heterocycles. The lowest BCUT2D eigenvalue weighted by atomic mass is 10.2. The van der Waals surface area contributed by atoms with Crippen LogP contribution in [0.1, 0.15) is 0 Å². The van der Waals surface area contributed by atoms with Crippen molar-refractivity contribution in [1.29, 1.82) is 5.26 Å². The van der Waals surface area contributed by atoms with E-state index in [1.165, 1.54) is 18.2 Å². The molecule has 0 aliphatic rings. The predicted octanol–water partition coefficient (Wildman–Crippen LogP) is 2.17. The highest BCUT2D eigenvalue weighted by Crippen LogP contribution is 2.28. The molecule has 92 valence electrons. The Balaban J connectivity index is 2.97. The van der Waals surface area contributed by atoms with E-state index in [-0.39, 0.29) is 16.4 Å². The average molecular weight is 268 g/mol. The van der Waals surface area contributed by atoms with E-state index in [0.29, 0.717) is 0 Å². The normalized spacial score (nSPS) is 12.0. The van der Waals surface area contributed by atoms with Gasteiger partial charge in [0.2, 0.25) is 0 Å². The molecule has 0 aliphatic carbocycles. The fourth-order valence-electron chi connectivity index (χ4n) is 1.04. The van der Waals surface area contributed by atoms with Crippen molar-refractivity contribution in [3.8, 4) is 6.07 Å². The molecule has 8 heteroatoms. The Morgan fingerprint density at radius 1 is 1.67 bits per heavy atom. The lowest BCUT2D eigenvalue weighted by Crippen LogP contribution is -2.12. The van der Waals surface area contributed by atoms with Gasteiger partial charge in [-0.3, -0.25) is 19.9 Å². The lowest BCUT2D eigenvalue weighted by molar-refractivity contribution is -0.384. The van der Waals surface area contributed by atoms with Crippen LogP contribution < -0.4 is 0 Å². The number of benzene rings is 1. The molecule has 0 aliphatic heterocycles. The Labute approximate surface area is 106 Å². The second-order valence-corrected chi connectivity index (χ2v) is 3.52. The number of hydrogen-bond acceptors (Lipinski definition) is 5. The van der Waals surface area contributed by atoms with Crippen LogP contribution in [0, 0.1) is 27.4 Å². The summed E-state index contributed by atoms with van der Waals surface area (Å²) in [5.41, 5.74) is -0.0437. The van der Waals surface area contributed by atoms with Crippen molar-refractivity contribution >= 4 is 35.2 Å². The number of rotatable bonds is 4. The molecule has 18 heavy (non-hydrogen) atoms. The van der Waals surface area contributed by atoms with E-state index in [0.717, 1.165) is 12.3 Å². The molecule has 0 fully saturated rings. The molecule has 0 saturated carbocycles. The quantitative estimate of drug-likeness (QED) is 0.510. The summed E-state index contributed by atoms with van der Waals surface area (Å²) in [6.07, 6.45) is 0.930. The van der Waals surface area contributed by atoms with Gasteiger partial charge in [0.25, 0.3) is 5.69 Å². The number of nitrogens with zero attached hydrogens (tertiary/aromatic N) is 3. The number of carboxylic acids is 1. The van der Waals surface area contributed by atoms with E-state index >= 15 is 0 Å². The molecular formula is C10H6ClN3O4. The number of aliphatic carboxylic acids is 1. The highest BCUT2D eigenvalue weighted by molar-refractivity contribution is 6.32. The molecule has 1 atom stereocenters. The molecule has 1 N–H and O–H groups in total. The lowest BCUT2D eigenvalue weighted by Gasteiger charge is -1.98. The standard InChI is InChI=1S/C10H6ClN3O4/c11-8-3-7(1-2-9(8)14(17)18)13-5-6(4-12)10(15)16/h1-3,5-6H,(H,15,16). The Kier molecular flexibility index (Phi) is 4.34. The Morgan fingerprint density at radius 2 is 2.33 bits per heavy atom. The molecule has 0 saturated heterocycles. The fourth-order valence-corrected chi connectivity index (χ4v) is 1.28. The summed E-state index contributed by atoms with van der Waals surface area (Å²) < 4.78 is 0. The summed E-state index contributed by atoms with van der Waals surface area (Å²) in [4.78, 5) is 24.1. The number of hydrogen-bond donors (Lipinski definition) is 1. The van der Waals surface area contributed by atoms with Gasteiger partial charge in [-0.15, -0.1) is 0 Å². The van der Waals surface area contributed by atoms with Crippen molar-refractivity contribution in [3.05, 3.63) is 33.3 Å². The summed E-state index contributed by atoms with van der Waals surface area (Å²) >= 11 is 5.64. The third kappa shape index (κ3) is 3.26. The SMILES string of the molecule is N#CC(C=Nc1ccc([N+](=O)[O-])c(Cl)c1)C(=O)O. The van der Waals surface area contributed by atoms with Gasteiger partial charge in [-0.2, -0.15) is 5.26 Å². The minimum Gasteiger partial charge on any atom is -0.480 e. The minimum absolute atomic E-state index is 0.113. The van der Waals surface area contributed by atoms with E-state index in [9.17, 15) is 14.9 Å². The molecule has 1 aromatic rings. The Morgan fingerprint density at radius 3 is 2.78 bits per heavy atom. The van der Waals surface area contributed by atoms with Gasteiger partial charge < -0.3 is 5.11 Å². The average Bonchev–Trinajstić information content (AvgIpc) is 2.28. The van der Waals surface area contributed by atoms with Crippen LogP contribution in [-0.4, -0.2) is 22.2 Å². The smallest absolute Gasteiger partial charge is 0.326 e. The van der Waals surface area contributed by atoms with Crippen molar-refractivity contribution in [1.82, 2.24) is 0 Å². The van der Waals surface area contributed by atoms with Gasteiger partial charge in [0.15, 0.2) is 5.92 Å². The largest absolute Gasteiger partial charge is 0.480 e. The maximum atomic E-state index is 10.5. The number of carbonyl (C=O) groups is 1. The van der Waals surface area contributed by atoms with Crippen molar-refractivity contribution in [3.63, 3.8) is 0 Å². The predicted molar refractivity (Wildman–Crippen MR) is 63.0 cm³/mol. The molecule has 1 rings (SSSR count). The van der Waals surface area contributed by atoms with Gasteiger partial charge >= 0.3 is 5.97 Å². The molecular weight excluding hydrogens is 262 g/mol. The van der Waals surface area contributed by atoms with Gasteiger partial charge in [-0.1, -0.05) is 11.6 Å².